The van der Waals surface area contributed by atoms with Gasteiger partial charge in [-0.2, -0.15) is 0 Å². The van der Waals surface area contributed by atoms with Crippen molar-refractivity contribution in [2.75, 3.05) is 19.6 Å². The lowest BCUT2D eigenvalue weighted by Gasteiger charge is -2.22. The molecule has 1 fully saturated rings. The molecule has 0 atom stereocenters. The quantitative estimate of drug-likeness (QED) is 0.846. The van der Waals surface area contributed by atoms with Crippen LogP contribution in [-0.2, 0) is 17.9 Å². The highest BCUT2D eigenvalue weighted by molar-refractivity contribution is 5.76. The first kappa shape index (κ1) is 17.5. The zero-order valence-electron chi connectivity index (χ0n) is 13.7. The van der Waals surface area contributed by atoms with Crippen molar-refractivity contribution in [1.82, 2.24) is 9.80 Å². The third-order valence-electron chi connectivity index (χ3n) is 4.30. The van der Waals surface area contributed by atoms with Gasteiger partial charge in [0.2, 0.25) is 5.91 Å². The minimum absolute atomic E-state index is 0.0252. The number of halogens is 3. The van der Waals surface area contributed by atoms with Gasteiger partial charge in [0.15, 0.2) is 0 Å². The third-order valence-corrected chi connectivity index (χ3v) is 4.30. The average molecular weight is 348 g/mol. The molecule has 0 radical (unpaired) electrons. The highest BCUT2D eigenvalue weighted by Gasteiger charge is 2.21. The molecule has 0 bridgehead atoms. The fourth-order valence-electron chi connectivity index (χ4n) is 3.01. The first-order chi connectivity index (χ1) is 12.0. The first-order valence-electron chi connectivity index (χ1n) is 8.19. The summed E-state index contributed by atoms with van der Waals surface area (Å²) in [6.07, 6.45) is 0.346. The van der Waals surface area contributed by atoms with E-state index in [-0.39, 0.29) is 11.7 Å². The molecular formula is C19H19F3N2O. The SMILES string of the molecule is O=C1CCN(Cc2cc(F)cc(F)c2)CCN1Cc1ccc(F)cc1. The molecule has 2 aromatic carbocycles. The summed E-state index contributed by atoms with van der Waals surface area (Å²) in [5.41, 5.74) is 1.42. The molecule has 0 unspecified atom stereocenters. The predicted octanol–water partition coefficient (Wildman–Crippen LogP) is 3.34. The standard InChI is InChI=1S/C19H19F3N2O/c20-16-3-1-14(2-4-16)13-24-8-7-23(6-5-19(24)25)12-15-9-17(21)11-18(22)10-15/h1-4,9-11H,5-8,12-13H2. The molecular weight excluding hydrogens is 329 g/mol. The summed E-state index contributed by atoms with van der Waals surface area (Å²) >= 11 is 0. The Kier molecular flexibility index (Phi) is 5.38. The number of carbonyl (C=O) groups excluding carboxylic acids is 1. The summed E-state index contributed by atoms with van der Waals surface area (Å²) in [4.78, 5) is 16.0. The lowest BCUT2D eigenvalue weighted by atomic mass is 10.2. The van der Waals surface area contributed by atoms with Gasteiger partial charge >= 0.3 is 0 Å². The minimum Gasteiger partial charge on any atom is -0.337 e. The van der Waals surface area contributed by atoms with Crippen LogP contribution in [0.15, 0.2) is 42.5 Å². The van der Waals surface area contributed by atoms with Crippen LogP contribution >= 0.6 is 0 Å². The molecule has 1 saturated heterocycles. The molecule has 0 N–H and O–H groups in total. The number of carbonyl (C=O) groups is 1. The number of hydrogen-bond acceptors (Lipinski definition) is 2. The van der Waals surface area contributed by atoms with Gasteiger partial charge in [-0.25, -0.2) is 13.2 Å². The Bertz CT molecular complexity index is 729. The normalized spacial score (nSPS) is 16.1. The van der Waals surface area contributed by atoms with Gasteiger partial charge in [-0.3, -0.25) is 9.69 Å². The van der Waals surface area contributed by atoms with E-state index in [9.17, 15) is 18.0 Å². The molecule has 1 aliphatic heterocycles. The number of benzene rings is 2. The Balaban J connectivity index is 1.62. The summed E-state index contributed by atoms with van der Waals surface area (Å²) in [5, 5.41) is 0. The molecule has 1 heterocycles. The maximum atomic E-state index is 13.3. The second-order valence-corrected chi connectivity index (χ2v) is 6.25. The van der Waals surface area contributed by atoms with Crippen molar-refractivity contribution >= 4 is 5.91 Å². The van der Waals surface area contributed by atoms with Crippen molar-refractivity contribution in [1.29, 1.82) is 0 Å². The van der Waals surface area contributed by atoms with E-state index in [1.54, 1.807) is 17.0 Å². The number of nitrogens with zero attached hydrogens (tertiary/aromatic N) is 2. The predicted molar refractivity (Wildman–Crippen MR) is 88.1 cm³/mol. The number of hydrogen-bond donors (Lipinski definition) is 0. The van der Waals surface area contributed by atoms with E-state index in [4.69, 9.17) is 0 Å². The van der Waals surface area contributed by atoms with Crippen molar-refractivity contribution in [3.63, 3.8) is 0 Å². The van der Waals surface area contributed by atoms with E-state index >= 15 is 0 Å². The molecule has 3 nitrogen and oxygen atoms in total. The van der Waals surface area contributed by atoms with Crippen LogP contribution in [0.2, 0.25) is 0 Å². The molecule has 25 heavy (non-hydrogen) atoms. The average Bonchev–Trinajstić information content (AvgIpc) is 2.72. The van der Waals surface area contributed by atoms with E-state index < -0.39 is 11.6 Å². The maximum Gasteiger partial charge on any atom is 0.224 e. The molecule has 0 spiro atoms. The van der Waals surface area contributed by atoms with Gasteiger partial charge in [0.05, 0.1) is 0 Å². The molecule has 0 saturated carbocycles. The Morgan fingerprint density at radius 2 is 1.44 bits per heavy atom. The van der Waals surface area contributed by atoms with Gasteiger partial charge in [0.25, 0.3) is 0 Å². The van der Waals surface area contributed by atoms with Crippen LogP contribution in [0.5, 0.6) is 0 Å². The second kappa shape index (κ2) is 7.70. The van der Waals surface area contributed by atoms with Crippen LogP contribution in [0, 0.1) is 17.5 Å². The zero-order chi connectivity index (χ0) is 17.8. The van der Waals surface area contributed by atoms with E-state index in [0.29, 0.717) is 44.7 Å². The van der Waals surface area contributed by atoms with Crippen molar-refractivity contribution in [3.8, 4) is 0 Å². The third kappa shape index (κ3) is 4.82. The van der Waals surface area contributed by atoms with Gasteiger partial charge < -0.3 is 4.90 Å². The van der Waals surface area contributed by atoms with Gasteiger partial charge in [-0.05, 0) is 35.4 Å². The van der Waals surface area contributed by atoms with Crippen LogP contribution in [-0.4, -0.2) is 35.3 Å². The fourth-order valence-corrected chi connectivity index (χ4v) is 3.01. The van der Waals surface area contributed by atoms with E-state index in [2.05, 4.69) is 0 Å². The zero-order valence-corrected chi connectivity index (χ0v) is 13.7. The van der Waals surface area contributed by atoms with Crippen LogP contribution in [0.3, 0.4) is 0 Å². The molecule has 3 rings (SSSR count). The molecule has 1 aliphatic rings. The summed E-state index contributed by atoms with van der Waals surface area (Å²) in [5.74, 6) is -1.48. The Morgan fingerprint density at radius 3 is 2.12 bits per heavy atom. The summed E-state index contributed by atoms with van der Waals surface area (Å²) < 4.78 is 39.6. The smallest absolute Gasteiger partial charge is 0.224 e. The van der Waals surface area contributed by atoms with Crippen LogP contribution in [0.25, 0.3) is 0 Å². The van der Waals surface area contributed by atoms with Crippen molar-refractivity contribution in [2.45, 2.75) is 19.5 Å². The molecule has 0 aliphatic carbocycles. The topological polar surface area (TPSA) is 23.6 Å². The van der Waals surface area contributed by atoms with Gasteiger partial charge in [-0.15, -0.1) is 0 Å². The number of rotatable bonds is 4. The first-order valence-corrected chi connectivity index (χ1v) is 8.19. The Morgan fingerprint density at radius 1 is 0.760 bits per heavy atom. The molecule has 2 aromatic rings. The van der Waals surface area contributed by atoms with Crippen molar-refractivity contribution in [3.05, 3.63) is 71.0 Å². The van der Waals surface area contributed by atoms with E-state index in [1.807, 2.05) is 4.90 Å². The van der Waals surface area contributed by atoms with E-state index in [0.717, 1.165) is 11.6 Å². The largest absolute Gasteiger partial charge is 0.337 e. The van der Waals surface area contributed by atoms with Gasteiger partial charge in [-0.1, -0.05) is 12.1 Å². The highest BCUT2D eigenvalue weighted by atomic mass is 19.1. The number of amides is 1. The second-order valence-electron chi connectivity index (χ2n) is 6.25. The fraction of sp³-hybridized carbons (Fsp3) is 0.316. The van der Waals surface area contributed by atoms with Crippen LogP contribution in [0.4, 0.5) is 13.2 Å². The van der Waals surface area contributed by atoms with Crippen LogP contribution in [0.1, 0.15) is 17.5 Å². The maximum absolute atomic E-state index is 13.3. The Hall–Kier alpha value is -2.34. The van der Waals surface area contributed by atoms with Gasteiger partial charge in [0.1, 0.15) is 17.5 Å². The Labute approximate surface area is 144 Å². The lowest BCUT2D eigenvalue weighted by molar-refractivity contribution is -0.130. The van der Waals surface area contributed by atoms with E-state index in [1.165, 1.54) is 24.3 Å². The molecule has 1 amide bonds. The van der Waals surface area contributed by atoms with Crippen molar-refractivity contribution < 1.29 is 18.0 Å². The lowest BCUT2D eigenvalue weighted by Crippen LogP contribution is -2.32. The molecule has 132 valence electrons. The summed E-state index contributed by atoms with van der Waals surface area (Å²) in [6, 6.07) is 9.56. The summed E-state index contributed by atoms with van der Waals surface area (Å²) in [6.45, 7) is 2.50. The highest BCUT2D eigenvalue weighted by Crippen LogP contribution is 2.15. The monoisotopic (exact) mass is 348 g/mol. The molecule has 6 heteroatoms. The minimum atomic E-state index is -0.598. The van der Waals surface area contributed by atoms with Crippen molar-refractivity contribution in [2.24, 2.45) is 0 Å². The van der Waals surface area contributed by atoms with Crippen LogP contribution < -0.4 is 0 Å². The summed E-state index contributed by atoms with van der Waals surface area (Å²) in [7, 11) is 0. The molecule has 0 aromatic heterocycles. The van der Waals surface area contributed by atoms with Gasteiger partial charge in [0, 0.05) is 45.2 Å².